The highest BCUT2D eigenvalue weighted by molar-refractivity contribution is 5.87. The highest BCUT2D eigenvalue weighted by atomic mass is 16.5. The fraction of sp³-hybridized carbons (Fsp3) is 0.400. The Morgan fingerprint density at radius 2 is 1.56 bits per heavy atom. The van der Waals surface area contributed by atoms with Crippen LogP contribution in [0.4, 0.5) is 4.79 Å². The van der Waals surface area contributed by atoms with Crippen LogP contribution in [0.1, 0.15) is 49.1 Å². The molecule has 1 aliphatic carbocycles. The lowest BCUT2D eigenvalue weighted by Crippen LogP contribution is -2.49. The third kappa shape index (κ3) is 4.61. The molecule has 1 saturated heterocycles. The lowest BCUT2D eigenvalue weighted by molar-refractivity contribution is -0.150. The maximum absolute atomic E-state index is 12.7. The van der Waals surface area contributed by atoms with Crippen LogP contribution in [0, 0.1) is 0 Å². The molecule has 1 atom stereocenters. The van der Waals surface area contributed by atoms with Gasteiger partial charge in [-0.15, -0.1) is 0 Å². The van der Waals surface area contributed by atoms with Gasteiger partial charge in [-0.1, -0.05) is 67.8 Å². The summed E-state index contributed by atoms with van der Waals surface area (Å²) in [6.07, 6.45) is 3.24. The van der Waals surface area contributed by atoms with Crippen molar-refractivity contribution in [2.75, 3.05) is 19.7 Å². The summed E-state index contributed by atoms with van der Waals surface area (Å²) in [5.41, 5.74) is 4.51. The molecule has 168 valence electrons. The molecule has 2 amide bonds. The van der Waals surface area contributed by atoms with E-state index in [9.17, 15) is 19.5 Å². The van der Waals surface area contributed by atoms with Crippen LogP contribution >= 0.6 is 0 Å². The number of fused-ring (bicyclic) bond motifs is 3. The Morgan fingerprint density at radius 1 is 0.938 bits per heavy atom. The van der Waals surface area contributed by atoms with Gasteiger partial charge in [0.1, 0.15) is 19.2 Å². The summed E-state index contributed by atoms with van der Waals surface area (Å²) in [7, 11) is 0. The Kier molecular flexibility index (Phi) is 6.73. The second-order valence-corrected chi connectivity index (χ2v) is 8.32. The number of nitrogens with zero attached hydrogens (tertiary/aromatic N) is 1. The van der Waals surface area contributed by atoms with Crippen molar-refractivity contribution in [2.45, 2.75) is 44.1 Å². The van der Waals surface area contributed by atoms with Gasteiger partial charge in [0.15, 0.2) is 0 Å². The van der Waals surface area contributed by atoms with Gasteiger partial charge >= 0.3 is 12.1 Å². The lowest BCUT2D eigenvalue weighted by atomic mass is 9.98. The molecule has 0 spiro atoms. The molecule has 0 aromatic heterocycles. The maximum atomic E-state index is 12.7. The van der Waals surface area contributed by atoms with Crippen molar-refractivity contribution in [3.8, 4) is 11.1 Å². The first-order valence-corrected chi connectivity index (χ1v) is 11.2. The standard InChI is InChI=1S/C25H28N2O5/c28-23(27-14-8-2-1-3-13-22(27)24(29)30)15-26-25(31)32-16-21-19-11-6-4-9-17(19)18-10-5-7-12-20(18)21/h4-7,9-12,21-22H,1-3,8,13-16H2,(H,26,31)(H,29,30). The summed E-state index contributed by atoms with van der Waals surface area (Å²) in [6.45, 7) is 0.276. The van der Waals surface area contributed by atoms with Gasteiger partial charge in [-0.25, -0.2) is 9.59 Å². The minimum atomic E-state index is -0.999. The molecule has 1 heterocycles. The SMILES string of the molecule is O=C(NCC(=O)N1CCCCCCC1C(=O)O)OCC1c2ccccc2-c2ccccc21. The smallest absolute Gasteiger partial charge is 0.407 e. The molecule has 2 N–H and O–H groups in total. The minimum Gasteiger partial charge on any atom is -0.480 e. The van der Waals surface area contributed by atoms with Gasteiger partial charge in [0.25, 0.3) is 0 Å². The van der Waals surface area contributed by atoms with E-state index in [4.69, 9.17) is 4.74 Å². The minimum absolute atomic E-state index is 0.0606. The van der Waals surface area contributed by atoms with Crippen molar-refractivity contribution >= 4 is 18.0 Å². The summed E-state index contributed by atoms with van der Waals surface area (Å²) in [5.74, 6) is -1.45. The molecular formula is C25H28N2O5. The number of hydrogen-bond donors (Lipinski definition) is 2. The Hall–Kier alpha value is -3.35. The number of likely N-dealkylation sites (tertiary alicyclic amines) is 1. The van der Waals surface area contributed by atoms with Gasteiger partial charge < -0.3 is 20.1 Å². The zero-order chi connectivity index (χ0) is 22.5. The van der Waals surface area contributed by atoms with Crippen LogP contribution in [0.25, 0.3) is 11.1 Å². The molecular weight excluding hydrogens is 408 g/mol. The van der Waals surface area contributed by atoms with E-state index >= 15 is 0 Å². The number of carboxylic acids is 1. The number of aliphatic carboxylic acids is 1. The molecule has 1 unspecified atom stereocenters. The quantitative estimate of drug-likeness (QED) is 0.744. The number of amides is 2. The van der Waals surface area contributed by atoms with Gasteiger partial charge in [-0.05, 0) is 35.1 Å². The van der Waals surface area contributed by atoms with E-state index in [0.717, 1.165) is 47.9 Å². The van der Waals surface area contributed by atoms with Crippen molar-refractivity contribution in [3.05, 3.63) is 59.7 Å². The van der Waals surface area contributed by atoms with Gasteiger partial charge in [0.2, 0.25) is 5.91 Å². The predicted molar refractivity (Wildman–Crippen MR) is 119 cm³/mol. The van der Waals surface area contributed by atoms with Crippen molar-refractivity contribution in [3.63, 3.8) is 0 Å². The molecule has 0 radical (unpaired) electrons. The molecule has 32 heavy (non-hydrogen) atoms. The summed E-state index contributed by atoms with van der Waals surface area (Å²) in [4.78, 5) is 38.0. The van der Waals surface area contributed by atoms with Crippen LogP contribution in [0.3, 0.4) is 0 Å². The first-order chi connectivity index (χ1) is 15.6. The van der Waals surface area contributed by atoms with E-state index in [1.54, 1.807) is 0 Å². The van der Waals surface area contributed by atoms with Gasteiger partial charge in [0, 0.05) is 12.5 Å². The Bertz CT molecular complexity index is 960. The number of nitrogens with one attached hydrogen (secondary N) is 1. The highest BCUT2D eigenvalue weighted by Crippen LogP contribution is 2.44. The van der Waals surface area contributed by atoms with E-state index in [2.05, 4.69) is 17.4 Å². The zero-order valence-electron chi connectivity index (χ0n) is 18.0. The third-order valence-electron chi connectivity index (χ3n) is 6.34. The van der Waals surface area contributed by atoms with Gasteiger partial charge in [0.05, 0.1) is 0 Å². The van der Waals surface area contributed by atoms with E-state index < -0.39 is 24.0 Å². The Labute approximate surface area is 187 Å². The van der Waals surface area contributed by atoms with Crippen LogP contribution in [0.2, 0.25) is 0 Å². The summed E-state index contributed by atoms with van der Waals surface area (Å²) in [6, 6.07) is 15.3. The Balaban J connectivity index is 1.34. The van der Waals surface area contributed by atoms with Crippen molar-refractivity contribution in [1.29, 1.82) is 0 Å². The molecule has 2 aromatic rings. The highest BCUT2D eigenvalue weighted by Gasteiger charge is 2.31. The molecule has 2 aliphatic rings. The zero-order valence-corrected chi connectivity index (χ0v) is 18.0. The van der Waals surface area contributed by atoms with E-state index in [1.807, 2.05) is 36.4 Å². The van der Waals surface area contributed by atoms with Crippen molar-refractivity contribution in [1.82, 2.24) is 10.2 Å². The number of alkyl carbamates (subject to hydrolysis) is 1. The predicted octanol–water partition coefficient (Wildman–Crippen LogP) is 3.77. The van der Waals surface area contributed by atoms with Gasteiger partial charge in [-0.3, -0.25) is 4.79 Å². The maximum Gasteiger partial charge on any atom is 0.407 e. The third-order valence-corrected chi connectivity index (χ3v) is 6.34. The molecule has 1 aliphatic heterocycles. The second kappa shape index (κ2) is 9.85. The van der Waals surface area contributed by atoms with Crippen molar-refractivity contribution in [2.24, 2.45) is 0 Å². The molecule has 0 saturated carbocycles. The number of benzene rings is 2. The first kappa shape index (κ1) is 21.9. The normalized spacial score (nSPS) is 18.1. The first-order valence-electron chi connectivity index (χ1n) is 11.2. The molecule has 7 nitrogen and oxygen atoms in total. The average Bonchev–Trinajstić information content (AvgIpc) is 3.09. The number of hydrogen-bond acceptors (Lipinski definition) is 4. The van der Waals surface area contributed by atoms with E-state index in [1.165, 1.54) is 4.90 Å². The van der Waals surface area contributed by atoms with Crippen LogP contribution in [0.5, 0.6) is 0 Å². The molecule has 0 bridgehead atoms. The van der Waals surface area contributed by atoms with Crippen LogP contribution in [0.15, 0.2) is 48.5 Å². The fourth-order valence-corrected chi connectivity index (χ4v) is 4.74. The molecule has 7 heteroatoms. The topological polar surface area (TPSA) is 95.9 Å². The van der Waals surface area contributed by atoms with Crippen molar-refractivity contribution < 1.29 is 24.2 Å². The number of carbonyl (C=O) groups excluding carboxylic acids is 2. The van der Waals surface area contributed by atoms with E-state index in [-0.39, 0.29) is 19.1 Å². The molecule has 2 aromatic carbocycles. The molecule has 1 fully saturated rings. The largest absolute Gasteiger partial charge is 0.480 e. The monoisotopic (exact) mass is 436 g/mol. The fourth-order valence-electron chi connectivity index (χ4n) is 4.74. The lowest BCUT2D eigenvalue weighted by Gasteiger charge is -2.31. The molecule has 4 rings (SSSR count). The second-order valence-electron chi connectivity index (χ2n) is 8.32. The summed E-state index contributed by atoms with van der Waals surface area (Å²) in [5, 5.41) is 12.0. The van der Waals surface area contributed by atoms with Crippen LogP contribution in [-0.4, -0.2) is 53.7 Å². The number of rotatable bonds is 5. The van der Waals surface area contributed by atoms with Gasteiger partial charge in [-0.2, -0.15) is 0 Å². The number of ether oxygens (including phenoxy) is 1. The number of carboxylic acid groups (broad SMARTS) is 1. The Morgan fingerprint density at radius 3 is 2.22 bits per heavy atom. The summed E-state index contributed by atoms with van der Waals surface area (Å²) < 4.78 is 5.46. The summed E-state index contributed by atoms with van der Waals surface area (Å²) >= 11 is 0. The average molecular weight is 437 g/mol. The van der Waals surface area contributed by atoms with Crippen LogP contribution < -0.4 is 5.32 Å². The van der Waals surface area contributed by atoms with Crippen LogP contribution in [-0.2, 0) is 14.3 Å². The van der Waals surface area contributed by atoms with E-state index in [0.29, 0.717) is 13.0 Å². The number of carbonyl (C=O) groups is 3.